The molecule has 0 aliphatic carbocycles. The Bertz CT molecular complexity index is 390. The molecule has 0 amide bonds. The zero-order chi connectivity index (χ0) is 12.5. The third kappa shape index (κ3) is 3.01. The van der Waals surface area contributed by atoms with Crippen molar-refractivity contribution in [1.82, 2.24) is 0 Å². The summed E-state index contributed by atoms with van der Waals surface area (Å²) in [5.41, 5.74) is 3.57. The van der Waals surface area contributed by atoms with Crippen LogP contribution >= 0.6 is 11.6 Å². The van der Waals surface area contributed by atoms with Crippen LogP contribution in [0.5, 0.6) is 0 Å². The van der Waals surface area contributed by atoms with Gasteiger partial charge in [-0.25, -0.2) is 0 Å². The normalized spacial score (nSPS) is 17.6. The molecular formula is C14H19ClO2. The molecule has 0 radical (unpaired) electrons. The highest BCUT2D eigenvalue weighted by Crippen LogP contribution is 2.30. The van der Waals surface area contributed by atoms with Crippen LogP contribution in [-0.2, 0) is 20.8 Å². The molecule has 17 heavy (non-hydrogen) atoms. The van der Waals surface area contributed by atoms with E-state index in [1.54, 1.807) is 0 Å². The Labute approximate surface area is 108 Å². The van der Waals surface area contributed by atoms with Crippen molar-refractivity contribution in [2.75, 3.05) is 13.2 Å². The van der Waals surface area contributed by atoms with Gasteiger partial charge in [-0.3, -0.25) is 0 Å². The van der Waals surface area contributed by atoms with Gasteiger partial charge in [0.2, 0.25) is 0 Å². The Kier molecular flexibility index (Phi) is 3.76. The van der Waals surface area contributed by atoms with Crippen molar-refractivity contribution in [2.45, 2.75) is 38.4 Å². The highest BCUT2D eigenvalue weighted by atomic mass is 35.5. The minimum Gasteiger partial charge on any atom is -0.346 e. The predicted molar refractivity (Wildman–Crippen MR) is 69.3 cm³/mol. The lowest BCUT2D eigenvalue weighted by molar-refractivity contribution is -0.0442. The second kappa shape index (κ2) is 4.97. The summed E-state index contributed by atoms with van der Waals surface area (Å²) >= 11 is 5.95. The molecule has 0 saturated carbocycles. The van der Waals surface area contributed by atoms with Gasteiger partial charge in [0, 0.05) is 11.4 Å². The van der Waals surface area contributed by atoms with Crippen LogP contribution in [0.25, 0.3) is 0 Å². The molecule has 1 aromatic carbocycles. The van der Waals surface area contributed by atoms with Crippen LogP contribution in [0.3, 0.4) is 0 Å². The molecule has 3 heteroatoms. The van der Waals surface area contributed by atoms with Crippen molar-refractivity contribution in [3.05, 3.63) is 34.9 Å². The van der Waals surface area contributed by atoms with Crippen molar-refractivity contribution in [2.24, 2.45) is 0 Å². The van der Waals surface area contributed by atoms with E-state index >= 15 is 0 Å². The molecule has 0 aromatic heterocycles. The largest absolute Gasteiger partial charge is 0.346 e. The maximum Gasteiger partial charge on any atom is 0.184 e. The third-order valence-electron chi connectivity index (χ3n) is 2.93. The molecule has 1 saturated heterocycles. The number of halogens is 1. The summed E-state index contributed by atoms with van der Waals surface area (Å²) in [6.07, 6.45) is -0.223. The van der Waals surface area contributed by atoms with E-state index in [1.807, 2.05) is 0 Å². The molecule has 1 fully saturated rings. The zero-order valence-corrected chi connectivity index (χ0v) is 11.4. The fraction of sp³-hybridized carbons (Fsp3) is 0.571. The molecule has 0 bridgehead atoms. The predicted octanol–water partition coefficient (Wildman–Crippen LogP) is 3.77. The Morgan fingerprint density at radius 2 is 1.82 bits per heavy atom. The average Bonchev–Trinajstić information content (AvgIpc) is 2.80. The number of ether oxygens (including phenoxy) is 2. The van der Waals surface area contributed by atoms with Crippen molar-refractivity contribution < 1.29 is 9.47 Å². The molecular weight excluding hydrogens is 236 g/mol. The van der Waals surface area contributed by atoms with Crippen LogP contribution in [0.1, 0.15) is 43.8 Å². The summed E-state index contributed by atoms with van der Waals surface area (Å²) in [7, 11) is 0. The van der Waals surface area contributed by atoms with E-state index in [-0.39, 0.29) is 11.7 Å². The van der Waals surface area contributed by atoms with Gasteiger partial charge in [0.05, 0.1) is 13.2 Å². The SMILES string of the molecule is CC(C)(C)c1cc(CCl)cc(C2OCCO2)c1. The number of benzene rings is 1. The summed E-state index contributed by atoms with van der Waals surface area (Å²) < 4.78 is 11.1. The number of hydrogen-bond donors (Lipinski definition) is 0. The molecule has 1 aromatic rings. The van der Waals surface area contributed by atoms with Gasteiger partial charge in [-0.15, -0.1) is 11.6 Å². The van der Waals surface area contributed by atoms with Gasteiger partial charge in [-0.2, -0.15) is 0 Å². The van der Waals surface area contributed by atoms with Gasteiger partial charge in [0.25, 0.3) is 0 Å². The van der Waals surface area contributed by atoms with Gasteiger partial charge in [-0.05, 0) is 22.6 Å². The lowest BCUT2D eigenvalue weighted by Crippen LogP contribution is -2.13. The van der Waals surface area contributed by atoms with E-state index in [1.165, 1.54) is 5.56 Å². The second-order valence-electron chi connectivity index (χ2n) is 5.42. The molecule has 94 valence electrons. The smallest absolute Gasteiger partial charge is 0.184 e. The minimum absolute atomic E-state index is 0.107. The Hall–Kier alpha value is -0.570. The van der Waals surface area contributed by atoms with Crippen LogP contribution in [-0.4, -0.2) is 13.2 Å². The van der Waals surface area contributed by atoms with Crippen molar-refractivity contribution >= 4 is 11.6 Å². The van der Waals surface area contributed by atoms with Crippen LogP contribution in [0, 0.1) is 0 Å². The molecule has 2 rings (SSSR count). The van der Waals surface area contributed by atoms with E-state index in [0.717, 1.165) is 11.1 Å². The average molecular weight is 255 g/mol. The van der Waals surface area contributed by atoms with Crippen molar-refractivity contribution in [3.8, 4) is 0 Å². The monoisotopic (exact) mass is 254 g/mol. The molecule has 0 spiro atoms. The molecule has 0 atom stereocenters. The first-order valence-electron chi connectivity index (χ1n) is 5.94. The molecule has 0 N–H and O–H groups in total. The summed E-state index contributed by atoms with van der Waals surface area (Å²) in [4.78, 5) is 0. The fourth-order valence-electron chi connectivity index (χ4n) is 1.92. The minimum atomic E-state index is -0.223. The highest BCUT2D eigenvalue weighted by Gasteiger charge is 2.22. The molecule has 0 unspecified atom stereocenters. The van der Waals surface area contributed by atoms with Gasteiger partial charge in [0.1, 0.15) is 0 Å². The first-order valence-corrected chi connectivity index (χ1v) is 6.47. The van der Waals surface area contributed by atoms with E-state index < -0.39 is 0 Å². The molecule has 1 aliphatic heterocycles. The van der Waals surface area contributed by atoms with Gasteiger partial charge in [-0.1, -0.05) is 32.9 Å². The quantitative estimate of drug-likeness (QED) is 0.748. The van der Waals surface area contributed by atoms with Crippen LogP contribution < -0.4 is 0 Å². The van der Waals surface area contributed by atoms with E-state index in [4.69, 9.17) is 21.1 Å². The zero-order valence-electron chi connectivity index (χ0n) is 10.6. The maximum atomic E-state index is 5.95. The maximum absolute atomic E-state index is 5.95. The molecule has 1 aliphatic rings. The fourth-order valence-corrected chi connectivity index (χ4v) is 2.07. The van der Waals surface area contributed by atoms with E-state index in [2.05, 4.69) is 39.0 Å². The lowest BCUT2D eigenvalue weighted by Gasteiger charge is -2.22. The summed E-state index contributed by atoms with van der Waals surface area (Å²) in [5.74, 6) is 0.518. The molecule has 1 heterocycles. The summed E-state index contributed by atoms with van der Waals surface area (Å²) in [5, 5.41) is 0. The van der Waals surface area contributed by atoms with Gasteiger partial charge < -0.3 is 9.47 Å². The highest BCUT2D eigenvalue weighted by molar-refractivity contribution is 6.17. The van der Waals surface area contributed by atoms with Crippen LogP contribution in [0.4, 0.5) is 0 Å². The Morgan fingerprint density at radius 1 is 1.18 bits per heavy atom. The van der Waals surface area contributed by atoms with E-state index in [0.29, 0.717) is 19.1 Å². The third-order valence-corrected chi connectivity index (χ3v) is 3.24. The number of hydrogen-bond acceptors (Lipinski definition) is 2. The van der Waals surface area contributed by atoms with Crippen LogP contribution in [0.15, 0.2) is 18.2 Å². The first-order chi connectivity index (χ1) is 8.00. The molecule has 2 nitrogen and oxygen atoms in total. The Morgan fingerprint density at radius 3 is 2.35 bits per heavy atom. The van der Waals surface area contributed by atoms with E-state index in [9.17, 15) is 0 Å². The van der Waals surface area contributed by atoms with Crippen molar-refractivity contribution in [3.63, 3.8) is 0 Å². The lowest BCUT2D eigenvalue weighted by atomic mass is 9.85. The van der Waals surface area contributed by atoms with Gasteiger partial charge >= 0.3 is 0 Å². The topological polar surface area (TPSA) is 18.5 Å². The number of alkyl halides is 1. The second-order valence-corrected chi connectivity index (χ2v) is 5.69. The standard InChI is InChI=1S/C14H19ClO2/c1-14(2,3)12-7-10(9-15)6-11(8-12)13-16-4-5-17-13/h6-8,13H,4-5,9H2,1-3H3. The van der Waals surface area contributed by atoms with Crippen LogP contribution in [0.2, 0.25) is 0 Å². The van der Waals surface area contributed by atoms with Gasteiger partial charge in [0.15, 0.2) is 6.29 Å². The van der Waals surface area contributed by atoms with Crippen molar-refractivity contribution in [1.29, 1.82) is 0 Å². The Balaban J connectivity index is 2.38. The first kappa shape index (κ1) is 12.9. The summed E-state index contributed by atoms with van der Waals surface area (Å²) in [6, 6.07) is 6.38. The number of rotatable bonds is 2. The summed E-state index contributed by atoms with van der Waals surface area (Å²) in [6.45, 7) is 7.92.